The fraction of sp³-hybridized carbons (Fsp3) is 0.318. The summed E-state index contributed by atoms with van der Waals surface area (Å²) in [5.74, 6) is -3.20. The van der Waals surface area contributed by atoms with Crippen LogP contribution in [0.5, 0.6) is 0 Å². The van der Waals surface area contributed by atoms with Gasteiger partial charge in [-0.1, -0.05) is 17.7 Å². The van der Waals surface area contributed by atoms with Crippen molar-refractivity contribution < 1.29 is 18.8 Å². The van der Waals surface area contributed by atoms with Gasteiger partial charge in [0.05, 0.1) is 17.5 Å². The molecule has 0 radical (unpaired) electrons. The Morgan fingerprint density at radius 1 is 1.10 bits per heavy atom. The van der Waals surface area contributed by atoms with Gasteiger partial charge in [0.25, 0.3) is 0 Å². The third-order valence-corrected chi connectivity index (χ3v) is 7.26. The van der Waals surface area contributed by atoms with Crippen LogP contribution in [0, 0.1) is 17.7 Å². The maximum atomic E-state index is 13.8. The Hall–Kier alpha value is -2.77. The van der Waals surface area contributed by atoms with Crippen LogP contribution in [-0.2, 0) is 19.9 Å². The Kier molecular flexibility index (Phi) is 3.54. The SMILES string of the molecule is O=C1C2C3CCCN3C3(C(=O)Nc4ccc(Cl)cc43)C2C(=O)N1c1cccc(F)c1. The Balaban J connectivity index is 1.57. The summed E-state index contributed by atoms with van der Waals surface area (Å²) in [7, 11) is 0. The first-order valence-electron chi connectivity index (χ1n) is 9.96. The molecule has 4 unspecified atom stereocenters. The van der Waals surface area contributed by atoms with Crippen molar-refractivity contribution >= 4 is 40.7 Å². The van der Waals surface area contributed by atoms with Gasteiger partial charge in [-0.3, -0.25) is 19.3 Å². The van der Waals surface area contributed by atoms with Crippen molar-refractivity contribution in [3.8, 4) is 0 Å². The number of benzene rings is 2. The van der Waals surface area contributed by atoms with E-state index in [2.05, 4.69) is 5.32 Å². The monoisotopic (exact) mass is 425 g/mol. The summed E-state index contributed by atoms with van der Waals surface area (Å²) < 4.78 is 13.8. The largest absolute Gasteiger partial charge is 0.324 e. The zero-order valence-electron chi connectivity index (χ0n) is 15.8. The molecule has 0 saturated carbocycles. The van der Waals surface area contributed by atoms with Gasteiger partial charge in [-0.15, -0.1) is 0 Å². The predicted octanol–water partition coefficient (Wildman–Crippen LogP) is 2.91. The fourth-order valence-corrected chi connectivity index (χ4v) is 6.22. The molecule has 0 aromatic heterocycles. The summed E-state index contributed by atoms with van der Waals surface area (Å²) in [6.07, 6.45) is 1.56. The van der Waals surface area contributed by atoms with E-state index in [0.717, 1.165) is 17.7 Å². The van der Waals surface area contributed by atoms with E-state index in [1.165, 1.54) is 18.2 Å². The molecular formula is C22H17ClFN3O3. The second kappa shape index (κ2) is 5.89. The number of anilines is 2. The van der Waals surface area contributed by atoms with Gasteiger partial charge in [0, 0.05) is 22.3 Å². The number of nitrogens with zero attached hydrogens (tertiary/aromatic N) is 2. The molecule has 4 atom stereocenters. The van der Waals surface area contributed by atoms with Crippen LogP contribution in [0.25, 0.3) is 0 Å². The Morgan fingerprint density at radius 3 is 2.73 bits per heavy atom. The summed E-state index contributed by atoms with van der Waals surface area (Å²) in [5, 5.41) is 3.36. The van der Waals surface area contributed by atoms with Crippen LogP contribution in [-0.4, -0.2) is 35.2 Å². The third-order valence-electron chi connectivity index (χ3n) is 7.02. The molecule has 3 saturated heterocycles. The Bertz CT molecular complexity index is 1150. The Labute approximate surface area is 176 Å². The number of nitrogens with one attached hydrogen (secondary N) is 1. The van der Waals surface area contributed by atoms with Crippen molar-refractivity contribution in [3.63, 3.8) is 0 Å². The standard InChI is InChI=1S/C22H17ClFN3O3/c23-11-6-7-15-14(9-11)22(21(30)25-15)18-17(16-5-2-8-26(16)22)19(28)27(20(18)29)13-4-1-3-12(24)10-13/h1,3-4,6-7,9-10,16-18H,2,5,8H2,(H,25,30). The summed E-state index contributed by atoms with van der Waals surface area (Å²) in [4.78, 5) is 43.7. The van der Waals surface area contributed by atoms with Crippen molar-refractivity contribution in [2.24, 2.45) is 11.8 Å². The molecule has 0 aliphatic carbocycles. The van der Waals surface area contributed by atoms with E-state index < -0.39 is 29.1 Å². The lowest BCUT2D eigenvalue weighted by atomic mass is 9.75. The van der Waals surface area contributed by atoms with E-state index in [9.17, 15) is 18.8 Å². The lowest BCUT2D eigenvalue weighted by molar-refractivity contribution is -0.135. The molecule has 0 bridgehead atoms. The van der Waals surface area contributed by atoms with E-state index in [-0.39, 0.29) is 23.5 Å². The topological polar surface area (TPSA) is 69.7 Å². The minimum atomic E-state index is -1.28. The van der Waals surface area contributed by atoms with Gasteiger partial charge < -0.3 is 5.32 Å². The van der Waals surface area contributed by atoms with Crippen LogP contribution in [0.15, 0.2) is 42.5 Å². The number of carbonyl (C=O) groups is 3. The van der Waals surface area contributed by atoms with Crippen molar-refractivity contribution in [1.29, 1.82) is 0 Å². The normalized spacial score (nSPS) is 32.0. The van der Waals surface area contributed by atoms with Crippen LogP contribution in [0.2, 0.25) is 5.02 Å². The van der Waals surface area contributed by atoms with Gasteiger partial charge in [-0.05, 0) is 55.8 Å². The number of fused-ring (bicyclic) bond motifs is 7. The molecule has 1 spiro atoms. The molecule has 6 nitrogen and oxygen atoms in total. The lowest BCUT2D eigenvalue weighted by Crippen LogP contribution is -2.54. The van der Waals surface area contributed by atoms with Gasteiger partial charge in [0.15, 0.2) is 0 Å². The highest BCUT2D eigenvalue weighted by atomic mass is 35.5. The number of hydrogen-bond acceptors (Lipinski definition) is 4. The highest BCUT2D eigenvalue weighted by molar-refractivity contribution is 6.31. The first kappa shape index (κ1) is 18.0. The first-order valence-corrected chi connectivity index (χ1v) is 10.3. The number of imide groups is 1. The number of rotatable bonds is 1. The Morgan fingerprint density at radius 2 is 1.93 bits per heavy atom. The quantitative estimate of drug-likeness (QED) is 0.713. The average molecular weight is 426 g/mol. The van der Waals surface area contributed by atoms with Gasteiger partial charge in [-0.25, -0.2) is 9.29 Å². The van der Waals surface area contributed by atoms with E-state index in [1.54, 1.807) is 24.3 Å². The fourth-order valence-electron chi connectivity index (χ4n) is 6.04. The minimum Gasteiger partial charge on any atom is -0.324 e. The van der Waals surface area contributed by atoms with Crippen molar-refractivity contribution in [3.05, 3.63) is 58.9 Å². The smallest absolute Gasteiger partial charge is 0.250 e. The minimum absolute atomic E-state index is 0.198. The highest BCUT2D eigenvalue weighted by Gasteiger charge is 2.74. The van der Waals surface area contributed by atoms with Gasteiger partial charge in [-0.2, -0.15) is 0 Å². The summed E-state index contributed by atoms with van der Waals surface area (Å²) >= 11 is 6.26. The molecule has 2 aromatic carbocycles. The first-order chi connectivity index (χ1) is 14.4. The molecule has 3 amide bonds. The number of hydrogen-bond donors (Lipinski definition) is 1. The molecule has 4 aliphatic rings. The van der Waals surface area contributed by atoms with Crippen LogP contribution in [0.1, 0.15) is 18.4 Å². The maximum absolute atomic E-state index is 13.8. The molecule has 4 heterocycles. The summed E-state index contributed by atoms with van der Waals surface area (Å²) in [6.45, 7) is 0.623. The van der Waals surface area contributed by atoms with E-state index in [1.807, 2.05) is 4.90 Å². The van der Waals surface area contributed by atoms with Crippen molar-refractivity contribution in [1.82, 2.24) is 4.90 Å². The lowest BCUT2D eigenvalue weighted by Gasteiger charge is -2.36. The highest BCUT2D eigenvalue weighted by Crippen LogP contribution is 2.60. The molecule has 6 rings (SSSR count). The molecule has 1 N–H and O–H groups in total. The van der Waals surface area contributed by atoms with Crippen molar-refractivity contribution in [2.45, 2.75) is 24.4 Å². The molecule has 3 fully saturated rings. The van der Waals surface area contributed by atoms with E-state index in [0.29, 0.717) is 22.8 Å². The predicted molar refractivity (Wildman–Crippen MR) is 107 cm³/mol. The van der Waals surface area contributed by atoms with Crippen LogP contribution < -0.4 is 10.2 Å². The zero-order valence-corrected chi connectivity index (χ0v) is 16.5. The van der Waals surface area contributed by atoms with Gasteiger partial charge in [0.2, 0.25) is 17.7 Å². The molecule has 8 heteroatoms. The van der Waals surface area contributed by atoms with E-state index >= 15 is 0 Å². The number of amides is 3. The van der Waals surface area contributed by atoms with Crippen molar-refractivity contribution in [2.75, 3.05) is 16.8 Å². The van der Waals surface area contributed by atoms with Gasteiger partial charge in [0.1, 0.15) is 11.4 Å². The van der Waals surface area contributed by atoms with Gasteiger partial charge >= 0.3 is 0 Å². The third kappa shape index (κ3) is 1.99. The summed E-state index contributed by atoms with van der Waals surface area (Å²) in [5.41, 5.74) is 0.173. The summed E-state index contributed by atoms with van der Waals surface area (Å²) in [6, 6.07) is 10.4. The molecule has 30 heavy (non-hydrogen) atoms. The second-order valence-electron chi connectivity index (χ2n) is 8.31. The average Bonchev–Trinajstić information content (AvgIpc) is 3.40. The van der Waals surface area contributed by atoms with E-state index in [4.69, 9.17) is 11.6 Å². The van der Waals surface area contributed by atoms with Crippen LogP contribution in [0.4, 0.5) is 15.8 Å². The molecule has 152 valence electrons. The molecule has 2 aromatic rings. The molecule has 4 aliphatic heterocycles. The molecular weight excluding hydrogens is 409 g/mol. The number of carbonyl (C=O) groups excluding carboxylic acids is 3. The van der Waals surface area contributed by atoms with Crippen LogP contribution >= 0.6 is 11.6 Å². The number of halogens is 2. The second-order valence-corrected chi connectivity index (χ2v) is 8.75. The maximum Gasteiger partial charge on any atom is 0.250 e. The zero-order chi connectivity index (χ0) is 20.8. The van der Waals surface area contributed by atoms with Crippen LogP contribution in [0.3, 0.4) is 0 Å².